The van der Waals surface area contributed by atoms with Gasteiger partial charge in [0.2, 0.25) is 11.9 Å². The SMILES string of the molecule is COC(=O)c1nc(NC(=O)[C@@H]2CCCN(c3ncccn3)C2)sc1CC(C)C. The van der Waals surface area contributed by atoms with Gasteiger partial charge >= 0.3 is 5.97 Å². The first-order chi connectivity index (χ1) is 13.5. The Morgan fingerprint density at radius 3 is 2.79 bits per heavy atom. The third kappa shape index (κ3) is 4.83. The largest absolute Gasteiger partial charge is 0.464 e. The summed E-state index contributed by atoms with van der Waals surface area (Å²) < 4.78 is 4.83. The molecule has 1 N–H and O–H groups in total. The molecule has 1 atom stereocenters. The van der Waals surface area contributed by atoms with E-state index in [-0.39, 0.29) is 11.8 Å². The Bertz CT molecular complexity index is 824. The number of esters is 1. The van der Waals surface area contributed by atoms with Crippen LogP contribution >= 0.6 is 11.3 Å². The third-order valence-corrected chi connectivity index (χ3v) is 5.52. The number of carbonyl (C=O) groups excluding carboxylic acids is 2. The minimum absolute atomic E-state index is 0.0955. The summed E-state index contributed by atoms with van der Waals surface area (Å²) >= 11 is 1.34. The van der Waals surface area contributed by atoms with Crippen molar-refractivity contribution in [1.82, 2.24) is 15.0 Å². The molecule has 3 rings (SSSR count). The number of carbonyl (C=O) groups is 2. The molecule has 0 radical (unpaired) electrons. The van der Waals surface area contributed by atoms with E-state index in [1.165, 1.54) is 18.4 Å². The van der Waals surface area contributed by atoms with Gasteiger partial charge in [-0.25, -0.2) is 19.7 Å². The van der Waals surface area contributed by atoms with Crippen molar-refractivity contribution in [3.8, 4) is 0 Å². The summed E-state index contributed by atoms with van der Waals surface area (Å²) in [5, 5.41) is 3.33. The zero-order chi connectivity index (χ0) is 20.1. The van der Waals surface area contributed by atoms with Crippen molar-refractivity contribution >= 4 is 34.3 Å². The van der Waals surface area contributed by atoms with E-state index in [9.17, 15) is 9.59 Å². The molecule has 1 amide bonds. The molecule has 0 unspecified atom stereocenters. The predicted octanol–water partition coefficient (Wildman–Crippen LogP) is 2.77. The highest BCUT2D eigenvalue weighted by molar-refractivity contribution is 7.16. The quantitative estimate of drug-likeness (QED) is 0.741. The molecular weight excluding hydrogens is 378 g/mol. The van der Waals surface area contributed by atoms with Gasteiger partial charge in [0, 0.05) is 30.4 Å². The van der Waals surface area contributed by atoms with E-state index >= 15 is 0 Å². The van der Waals surface area contributed by atoms with Gasteiger partial charge < -0.3 is 15.0 Å². The molecule has 150 valence electrons. The Balaban J connectivity index is 1.70. The summed E-state index contributed by atoms with van der Waals surface area (Å²) in [4.78, 5) is 40.5. The molecule has 2 aromatic heterocycles. The number of hydrogen-bond acceptors (Lipinski definition) is 8. The molecule has 0 aliphatic carbocycles. The van der Waals surface area contributed by atoms with Crippen LogP contribution in [0, 0.1) is 11.8 Å². The molecule has 28 heavy (non-hydrogen) atoms. The van der Waals surface area contributed by atoms with Gasteiger partial charge in [-0.1, -0.05) is 13.8 Å². The number of nitrogens with zero attached hydrogens (tertiary/aromatic N) is 4. The smallest absolute Gasteiger partial charge is 0.357 e. The number of methoxy groups -OCH3 is 1. The molecule has 3 heterocycles. The number of nitrogens with one attached hydrogen (secondary N) is 1. The summed E-state index contributed by atoms with van der Waals surface area (Å²) in [7, 11) is 1.33. The molecule has 0 bridgehead atoms. The zero-order valence-electron chi connectivity index (χ0n) is 16.3. The second kappa shape index (κ2) is 9.09. The van der Waals surface area contributed by atoms with Gasteiger partial charge in [-0.15, -0.1) is 11.3 Å². The van der Waals surface area contributed by atoms with Crippen LogP contribution in [0.1, 0.15) is 42.1 Å². The fourth-order valence-electron chi connectivity index (χ4n) is 3.21. The lowest BCUT2D eigenvalue weighted by Gasteiger charge is -2.31. The third-order valence-electron chi connectivity index (χ3n) is 4.53. The van der Waals surface area contributed by atoms with Crippen molar-refractivity contribution in [2.45, 2.75) is 33.1 Å². The minimum Gasteiger partial charge on any atom is -0.464 e. The van der Waals surface area contributed by atoms with Gasteiger partial charge in [0.15, 0.2) is 10.8 Å². The van der Waals surface area contributed by atoms with Crippen LogP contribution in [-0.2, 0) is 16.0 Å². The molecule has 9 heteroatoms. The van der Waals surface area contributed by atoms with Crippen molar-refractivity contribution in [3.63, 3.8) is 0 Å². The number of amides is 1. The van der Waals surface area contributed by atoms with Gasteiger partial charge in [-0.3, -0.25) is 4.79 Å². The molecule has 8 nitrogen and oxygen atoms in total. The van der Waals surface area contributed by atoms with Gasteiger partial charge in [0.1, 0.15) is 0 Å². The van der Waals surface area contributed by atoms with E-state index in [4.69, 9.17) is 4.74 Å². The lowest BCUT2D eigenvalue weighted by atomic mass is 9.97. The topological polar surface area (TPSA) is 97.3 Å². The number of thiazole rings is 1. The molecule has 0 spiro atoms. The lowest BCUT2D eigenvalue weighted by molar-refractivity contribution is -0.120. The molecule has 0 aromatic carbocycles. The minimum atomic E-state index is -0.475. The van der Waals surface area contributed by atoms with E-state index in [1.54, 1.807) is 18.5 Å². The van der Waals surface area contributed by atoms with Crippen molar-refractivity contribution in [2.75, 3.05) is 30.4 Å². The average Bonchev–Trinajstić information content (AvgIpc) is 3.09. The molecule has 1 aliphatic heterocycles. The first-order valence-electron chi connectivity index (χ1n) is 9.38. The summed E-state index contributed by atoms with van der Waals surface area (Å²) in [6.45, 7) is 5.53. The lowest BCUT2D eigenvalue weighted by Crippen LogP contribution is -2.41. The highest BCUT2D eigenvalue weighted by Gasteiger charge is 2.28. The van der Waals surface area contributed by atoms with E-state index in [1.807, 2.05) is 4.90 Å². The number of hydrogen-bond donors (Lipinski definition) is 1. The van der Waals surface area contributed by atoms with Crippen molar-refractivity contribution in [1.29, 1.82) is 0 Å². The van der Waals surface area contributed by atoms with Crippen LogP contribution in [-0.4, -0.2) is 47.0 Å². The van der Waals surface area contributed by atoms with Crippen LogP contribution in [0.3, 0.4) is 0 Å². The van der Waals surface area contributed by atoms with Gasteiger partial charge in [-0.2, -0.15) is 0 Å². The van der Waals surface area contributed by atoms with Crippen LogP contribution in [0.25, 0.3) is 0 Å². The number of rotatable bonds is 6. The fraction of sp³-hybridized carbons (Fsp3) is 0.526. The number of ether oxygens (including phenoxy) is 1. The van der Waals surface area contributed by atoms with Crippen molar-refractivity contribution in [3.05, 3.63) is 29.0 Å². The highest BCUT2D eigenvalue weighted by atomic mass is 32.1. The summed E-state index contributed by atoms with van der Waals surface area (Å²) in [6, 6.07) is 1.77. The summed E-state index contributed by atoms with van der Waals surface area (Å²) in [5.41, 5.74) is 0.291. The van der Waals surface area contributed by atoms with Crippen LogP contribution in [0.15, 0.2) is 18.5 Å². The maximum Gasteiger partial charge on any atom is 0.357 e. The van der Waals surface area contributed by atoms with Crippen LogP contribution in [0.5, 0.6) is 0 Å². The maximum absolute atomic E-state index is 12.8. The first-order valence-corrected chi connectivity index (χ1v) is 10.2. The number of piperidine rings is 1. The number of aromatic nitrogens is 3. The van der Waals surface area contributed by atoms with Gasteiger partial charge in [0.25, 0.3) is 0 Å². The van der Waals surface area contributed by atoms with E-state index in [0.717, 1.165) is 24.3 Å². The Morgan fingerprint density at radius 1 is 1.36 bits per heavy atom. The zero-order valence-corrected chi connectivity index (χ0v) is 17.2. The van der Waals surface area contributed by atoms with Crippen molar-refractivity contribution < 1.29 is 14.3 Å². The van der Waals surface area contributed by atoms with Gasteiger partial charge in [0.05, 0.1) is 13.0 Å². The Hall–Kier alpha value is -2.55. The standard InChI is InChI=1S/C19H25N5O3S/c1-12(2)10-14-15(17(26)27-3)22-19(28-14)23-16(25)13-6-4-9-24(11-13)18-20-7-5-8-21-18/h5,7-8,12-13H,4,6,9-11H2,1-3H3,(H,22,23,25)/t13-/m1/s1. The average molecular weight is 404 g/mol. The van der Waals surface area contributed by atoms with Crippen LogP contribution in [0.4, 0.5) is 11.1 Å². The van der Waals surface area contributed by atoms with E-state index in [2.05, 4.69) is 34.1 Å². The van der Waals surface area contributed by atoms with Crippen molar-refractivity contribution in [2.24, 2.45) is 11.8 Å². The molecule has 1 fully saturated rings. The Labute approximate surface area is 168 Å². The summed E-state index contributed by atoms with van der Waals surface area (Å²) in [5.74, 6) is 0.252. The predicted molar refractivity (Wildman–Crippen MR) is 108 cm³/mol. The monoisotopic (exact) mass is 403 g/mol. The highest BCUT2D eigenvalue weighted by Crippen LogP contribution is 2.28. The Kier molecular flexibility index (Phi) is 6.56. The second-order valence-corrected chi connectivity index (χ2v) is 8.29. The second-order valence-electron chi connectivity index (χ2n) is 7.20. The fourth-order valence-corrected chi connectivity index (χ4v) is 4.37. The van der Waals surface area contributed by atoms with E-state index in [0.29, 0.717) is 35.7 Å². The molecule has 1 saturated heterocycles. The van der Waals surface area contributed by atoms with Crippen LogP contribution < -0.4 is 10.2 Å². The normalized spacial score (nSPS) is 16.9. The molecule has 2 aromatic rings. The summed E-state index contributed by atoms with van der Waals surface area (Å²) in [6.07, 6.45) is 5.79. The van der Waals surface area contributed by atoms with Crippen LogP contribution in [0.2, 0.25) is 0 Å². The molecule has 1 aliphatic rings. The molecular formula is C19H25N5O3S. The van der Waals surface area contributed by atoms with Gasteiger partial charge in [-0.05, 0) is 31.2 Å². The molecule has 0 saturated carbocycles. The first kappa shape index (κ1) is 20.2. The number of anilines is 2. The Morgan fingerprint density at radius 2 is 2.11 bits per heavy atom. The maximum atomic E-state index is 12.8. The van der Waals surface area contributed by atoms with E-state index < -0.39 is 5.97 Å².